The third-order valence-electron chi connectivity index (χ3n) is 2.59. The van der Waals surface area contributed by atoms with E-state index < -0.39 is 0 Å². The third-order valence-corrected chi connectivity index (χ3v) is 2.59. The minimum Gasteiger partial charge on any atom is -0.876 e. The molecule has 0 spiro atoms. The summed E-state index contributed by atoms with van der Waals surface area (Å²) in [4.78, 5) is 27.7. The van der Waals surface area contributed by atoms with Gasteiger partial charge in [-0.2, -0.15) is 0 Å². The van der Waals surface area contributed by atoms with Gasteiger partial charge in [-0.3, -0.25) is 19.6 Å². The molecule has 0 atom stereocenters. The molecule has 0 bridgehead atoms. The van der Waals surface area contributed by atoms with E-state index in [1.165, 1.54) is 52.2 Å². The first-order valence-corrected chi connectivity index (χ1v) is 8.02. The minimum atomic E-state index is -0.249. The van der Waals surface area contributed by atoms with Crippen molar-refractivity contribution in [3.05, 3.63) is 60.3 Å². The molecule has 0 saturated heterocycles. The van der Waals surface area contributed by atoms with E-state index in [4.69, 9.17) is 0 Å². The molecule has 155 valence electrons. The Morgan fingerprint density at radius 3 is 1.59 bits per heavy atom. The molecule has 0 fully saturated rings. The zero-order valence-corrected chi connectivity index (χ0v) is 18.1. The van der Waals surface area contributed by atoms with Crippen LogP contribution < -0.4 is 15.3 Å². The number of hydrogen-bond donors (Lipinski definition) is 1. The summed E-state index contributed by atoms with van der Waals surface area (Å²) in [6.07, 6.45) is 5.11. The van der Waals surface area contributed by atoms with Gasteiger partial charge in [0.25, 0.3) is 0 Å². The normalized spacial score (nSPS) is 10.3. The Bertz CT molecular complexity index is 786. The van der Waals surface area contributed by atoms with Crippen LogP contribution in [0.5, 0.6) is 11.5 Å². The molecule has 0 amide bonds. The van der Waals surface area contributed by atoms with Crippen molar-refractivity contribution in [2.75, 3.05) is 0 Å². The first-order valence-electron chi connectivity index (χ1n) is 8.02. The number of aromatic hydroxyl groups is 1. The average Bonchev–Trinajstić information content (AvgIpc) is 2.55. The molecular weight excluding hydrogens is 465 g/mol. The fourth-order valence-electron chi connectivity index (χ4n) is 1.72. The van der Waals surface area contributed by atoms with Crippen LogP contribution in [0.4, 0.5) is 0 Å². The summed E-state index contributed by atoms with van der Waals surface area (Å²) in [6, 6.07) is 5.99. The average molecular weight is 486 g/mol. The van der Waals surface area contributed by atoms with Crippen LogP contribution in [0.1, 0.15) is 27.7 Å². The smallest absolute Gasteiger partial charge is 0.876 e. The number of pyridine rings is 2. The summed E-state index contributed by atoms with van der Waals surface area (Å²) in [5, 5.41) is 40.8. The Morgan fingerprint density at radius 2 is 1.28 bits per heavy atom. The van der Waals surface area contributed by atoms with Crippen LogP contribution in [0.2, 0.25) is 0 Å². The molecule has 2 heterocycles. The van der Waals surface area contributed by atoms with Crippen LogP contribution in [0, 0.1) is 0 Å². The monoisotopic (exact) mass is 487 g/mol. The van der Waals surface area contributed by atoms with E-state index in [0.717, 1.165) is 12.2 Å². The molecule has 0 aliphatic heterocycles. The van der Waals surface area contributed by atoms with E-state index in [2.05, 4.69) is 9.97 Å². The van der Waals surface area contributed by atoms with E-state index in [1.54, 1.807) is 12.1 Å². The number of allylic oxidation sites excluding steroid dienone is 4. The van der Waals surface area contributed by atoms with E-state index in [1.807, 2.05) is 0 Å². The molecule has 0 aliphatic carbocycles. The van der Waals surface area contributed by atoms with Gasteiger partial charge in [0.15, 0.2) is 11.6 Å². The summed E-state index contributed by atoms with van der Waals surface area (Å²) in [5.74, 6) is -1.04. The molecule has 2 aromatic heterocycles. The number of hydrogen-bond acceptors (Lipinski definition) is 8. The molecule has 1 radical (unpaired) electrons. The predicted octanol–water partition coefficient (Wildman–Crippen LogP) is 0.599. The fourth-order valence-corrected chi connectivity index (χ4v) is 1.72. The maximum absolute atomic E-state index is 11.4. The molecule has 2 rings (SSSR count). The number of carbonyl (C=O) groups excluding carboxylic acids is 2. The van der Waals surface area contributed by atoms with Crippen LogP contribution in [0.3, 0.4) is 0 Å². The second-order valence-corrected chi connectivity index (χ2v) is 5.45. The SMILES string of the molecule is CC(=O)/C=C(/C)[O-].CC(=O)/C=C(/C)[O-].[O-]c1cccnc1-c1ncccc1O.[Ru+3]. The van der Waals surface area contributed by atoms with Crippen LogP contribution in [0.25, 0.3) is 11.4 Å². The quantitative estimate of drug-likeness (QED) is 0.377. The zero-order chi connectivity index (χ0) is 21.7. The van der Waals surface area contributed by atoms with Crippen molar-refractivity contribution in [3.63, 3.8) is 0 Å². The van der Waals surface area contributed by atoms with E-state index in [0.29, 0.717) is 0 Å². The number of aromatic nitrogens is 2. The van der Waals surface area contributed by atoms with Gasteiger partial charge in [-0.05, 0) is 44.2 Å². The predicted molar refractivity (Wildman–Crippen MR) is 97.5 cm³/mol. The number of nitrogens with zero attached hydrogens (tertiary/aromatic N) is 2. The summed E-state index contributed by atoms with van der Waals surface area (Å²) in [5.41, 5.74) is 0.392. The summed E-state index contributed by atoms with van der Waals surface area (Å²) >= 11 is 0. The topological polar surface area (TPSA) is 149 Å². The molecule has 2 aromatic rings. The Hall–Kier alpha value is -3.06. The van der Waals surface area contributed by atoms with Crippen LogP contribution >= 0.6 is 0 Å². The maximum Gasteiger partial charge on any atom is 3.00 e. The largest absolute Gasteiger partial charge is 3.00 e. The number of ketones is 2. The summed E-state index contributed by atoms with van der Waals surface area (Å²) in [6.45, 7) is 5.39. The Labute approximate surface area is 182 Å². The third kappa shape index (κ3) is 13.7. The zero-order valence-electron chi connectivity index (χ0n) is 16.4. The summed E-state index contributed by atoms with van der Waals surface area (Å²) in [7, 11) is 0. The molecular formula is C20H21N2O6Ru. The number of carbonyl (C=O) groups is 2. The van der Waals surface area contributed by atoms with Crippen LogP contribution in [-0.4, -0.2) is 26.6 Å². The standard InChI is InChI=1S/C10H8N2O2.2C5H8O2.Ru/c13-7-3-1-5-11-9(7)10-8(14)4-2-6-12-10;2*1-4(6)3-5(2)7;/h1-6,13-14H;2*3,6H,1-2H3;/q;;;+3/p-3/b;2*4-3-;. The first-order chi connectivity index (χ1) is 13.0. The van der Waals surface area contributed by atoms with E-state index >= 15 is 0 Å². The van der Waals surface area contributed by atoms with Crippen molar-refractivity contribution in [1.82, 2.24) is 9.97 Å². The molecule has 0 unspecified atom stereocenters. The Morgan fingerprint density at radius 1 is 0.862 bits per heavy atom. The summed E-state index contributed by atoms with van der Waals surface area (Å²) < 4.78 is 0. The Balaban J connectivity index is 0. The fraction of sp³-hybridized carbons (Fsp3) is 0.200. The van der Waals surface area contributed by atoms with Gasteiger partial charge < -0.3 is 20.4 Å². The minimum absolute atomic E-state index is 0. The van der Waals surface area contributed by atoms with Gasteiger partial charge in [0.1, 0.15) is 11.4 Å². The van der Waals surface area contributed by atoms with E-state index in [9.17, 15) is 30.0 Å². The van der Waals surface area contributed by atoms with Gasteiger partial charge in [-0.25, -0.2) is 0 Å². The van der Waals surface area contributed by atoms with Gasteiger partial charge in [-0.1, -0.05) is 25.7 Å². The van der Waals surface area contributed by atoms with Gasteiger partial charge in [-0.15, -0.1) is 11.5 Å². The number of rotatable bonds is 3. The molecule has 9 heteroatoms. The second kappa shape index (κ2) is 14.9. The van der Waals surface area contributed by atoms with Crippen molar-refractivity contribution in [1.29, 1.82) is 0 Å². The first kappa shape index (κ1) is 28.2. The van der Waals surface area contributed by atoms with Crippen molar-refractivity contribution >= 4 is 11.6 Å². The van der Waals surface area contributed by atoms with Crippen molar-refractivity contribution in [3.8, 4) is 22.9 Å². The van der Waals surface area contributed by atoms with Crippen molar-refractivity contribution < 1.29 is 49.5 Å². The molecule has 8 nitrogen and oxygen atoms in total. The van der Waals surface area contributed by atoms with Crippen molar-refractivity contribution in [2.24, 2.45) is 0 Å². The van der Waals surface area contributed by atoms with E-state index in [-0.39, 0.29) is 65.4 Å². The van der Waals surface area contributed by atoms with Crippen LogP contribution in [-0.2, 0) is 29.1 Å². The van der Waals surface area contributed by atoms with Crippen molar-refractivity contribution in [2.45, 2.75) is 27.7 Å². The second-order valence-electron chi connectivity index (χ2n) is 5.45. The molecule has 0 saturated carbocycles. The molecule has 0 aliphatic rings. The van der Waals surface area contributed by atoms with Gasteiger partial charge >= 0.3 is 19.5 Å². The van der Waals surface area contributed by atoms with Crippen LogP contribution in [0.15, 0.2) is 60.3 Å². The van der Waals surface area contributed by atoms with Gasteiger partial charge in [0.2, 0.25) is 0 Å². The molecule has 1 N–H and O–H groups in total. The maximum atomic E-state index is 11.4. The van der Waals surface area contributed by atoms with Gasteiger partial charge in [0, 0.05) is 12.4 Å². The molecule has 29 heavy (non-hydrogen) atoms. The van der Waals surface area contributed by atoms with Gasteiger partial charge in [0.05, 0.1) is 5.69 Å². The Kier molecular flexibility index (Phi) is 14.5. The molecule has 0 aromatic carbocycles.